The summed E-state index contributed by atoms with van der Waals surface area (Å²) in [5.41, 5.74) is 6.20. The van der Waals surface area contributed by atoms with Gasteiger partial charge in [-0.15, -0.1) is 5.10 Å². The molecule has 17 heavy (non-hydrogen) atoms. The van der Waals surface area contributed by atoms with Crippen LogP contribution < -0.4 is 10.6 Å². The Hall–Kier alpha value is -1.69. The van der Waals surface area contributed by atoms with Crippen LogP contribution in [0.1, 0.15) is 18.9 Å². The summed E-state index contributed by atoms with van der Waals surface area (Å²) in [6.07, 6.45) is 2.52. The molecule has 2 heterocycles. The first-order chi connectivity index (χ1) is 8.24. The van der Waals surface area contributed by atoms with Crippen molar-refractivity contribution in [1.29, 1.82) is 5.41 Å². The van der Waals surface area contributed by atoms with Crippen molar-refractivity contribution >= 4 is 11.7 Å². The Morgan fingerprint density at radius 1 is 1.71 bits per heavy atom. The van der Waals surface area contributed by atoms with Crippen molar-refractivity contribution in [2.24, 2.45) is 5.73 Å². The van der Waals surface area contributed by atoms with E-state index in [-0.39, 0.29) is 11.9 Å². The molecule has 6 heteroatoms. The molecule has 2 rings (SSSR count). The van der Waals surface area contributed by atoms with Gasteiger partial charge in [-0.2, -0.15) is 5.10 Å². The van der Waals surface area contributed by atoms with Gasteiger partial charge >= 0.3 is 0 Å². The highest BCUT2D eigenvalue weighted by atomic mass is 16.5. The van der Waals surface area contributed by atoms with Crippen LogP contribution in [-0.2, 0) is 4.74 Å². The zero-order valence-electron chi connectivity index (χ0n) is 9.89. The number of aromatic nitrogens is 2. The zero-order valence-corrected chi connectivity index (χ0v) is 9.89. The number of hydrogen-bond donors (Lipinski definition) is 2. The van der Waals surface area contributed by atoms with Crippen molar-refractivity contribution in [3.05, 3.63) is 17.8 Å². The number of nitrogens with zero attached hydrogens (tertiary/aromatic N) is 3. The summed E-state index contributed by atoms with van der Waals surface area (Å²) in [6, 6.07) is 2.01. The van der Waals surface area contributed by atoms with Gasteiger partial charge in [-0.1, -0.05) is 6.92 Å². The molecular weight excluding hydrogens is 218 g/mol. The first-order valence-electron chi connectivity index (χ1n) is 5.74. The number of nitrogens with one attached hydrogen (secondary N) is 1. The molecule has 0 amide bonds. The molecule has 0 aliphatic carbocycles. The summed E-state index contributed by atoms with van der Waals surface area (Å²) in [5, 5.41) is 15.6. The van der Waals surface area contributed by atoms with Gasteiger partial charge < -0.3 is 15.4 Å². The molecule has 1 aromatic heterocycles. The van der Waals surface area contributed by atoms with Crippen molar-refractivity contribution in [3.63, 3.8) is 0 Å². The minimum atomic E-state index is 0.0243. The van der Waals surface area contributed by atoms with Crippen LogP contribution in [0.3, 0.4) is 0 Å². The standard InChI is InChI=1S/C11H17N5O/c1-2-8-7-17-6-5-16(8)11-9(10(12)13)3-4-14-15-11/h3-4,8H,2,5-7H2,1H3,(H3,12,13). The summed E-state index contributed by atoms with van der Waals surface area (Å²) in [7, 11) is 0. The maximum absolute atomic E-state index is 7.57. The largest absolute Gasteiger partial charge is 0.384 e. The minimum Gasteiger partial charge on any atom is -0.384 e. The molecule has 0 saturated carbocycles. The summed E-state index contributed by atoms with van der Waals surface area (Å²) in [5.74, 6) is 0.714. The molecule has 1 saturated heterocycles. The Bertz CT molecular complexity index is 409. The molecule has 0 radical (unpaired) electrons. The van der Waals surface area contributed by atoms with Crippen LogP contribution in [0, 0.1) is 5.41 Å². The van der Waals surface area contributed by atoms with E-state index in [1.807, 2.05) is 0 Å². The van der Waals surface area contributed by atoms with Crippen molar-refractivity contribution in [2.45, 2.75) is 19.4 Å². The van der Waals surface area contributed by atoms with Gasteiger partial charge in [0.1, 0.15) is 5.84 Å². The van der Waals surface area contributed by atoms with Gasteiger partial charge in [0.2, 0.25) is 0 Å². The number of nitrogen functional groups attached to an aromatic ring is 1. The summed E-state index contributed by atoms with van der Waals surface area (Å²) >= 11 is 0. The highest BCUT2D eigenvalue weighted by molar-refractivity contribution is 5.99. The lowest BCUT2D eigenvalue weighted by molar-refractivity contribution is 0.0924. The van der Waals surface area contributed by atoms with Crippen LogP contribution in [0.15, 0.2) is 12.3 Å². The molecule has 6 nitrogen and oxygen atoms in total. The lowest BCUT2D eigenvalue weighted by Crippen LogP contribution is -2.46. The summed E-state index contributed by atoms with van der Waals surface area (Å²) < 4.78 is 5.45. The van der Waals surface area contributed by atoms with Gasteiger partial charge in [-0.05, 0) is 12.5 Å². The second-order valence-corrected chi connectivity index (χ2v) is 4.01. The maximum Gasteiger partial charge on any atom is 0.162 e. The number of ether oxygens (including phenoxy) is 1. The Kier molecular flexibility index (Phi) is 3.53. The van der Waals surface area contributed by atoms with Gasteiger partial charge in [-0.25, -0.2) is 0 Å². The molecule has 1 aliphatic heterocycles. The second-order valence-electron chi connectivity index (χ2n) is 4.01. The van der Waals surface area contributed by atoms with Crippen molar-refractivity contribution < 1.29 is 4.74 Å². The maximum atomic E-state index is 7.57. The van der Waals surface area contributed by atoms with Crippen molar-refractivity contribution in [1.82, 2.24) is 10.2 Å². The van der Waals surface area contributed by atoms with Gasteiger partial charge in [0.25, 0.3) is 0 Å². The van der Waals surface area contributed by atoms with Gasteiger partial charge in [0.15, 0.2) is 5.82 Å². The number of morpholine rings is 1. The Morgan fingerprint density at radius 2 is 2.53 bits per heavy atom. The Morgan fingerprint density at radius 3 is 3.24 bits per heavy atom. The van der Waals surface area contributed by atoms with Crippen LogP contribution in [0.4, 0.5) is 5.82 Å². The predicted octanol–water partition coefficient (Wildman–Crippen LogP) is 0.376. The van der Waals surface area contributed by atoms with Crippen LogP contribution >= 0.6 is 0 Å². The van der Waals surface area contributed by atoms with Crippen LogP contribution in [0.2, 0.25) is 0 Å². The van der Waals surface area contributed by atoms with E-state index in [4.69, 9.17) is 15.9 Å². The number of amidine groups is 1. The Labute approximate surface area is 100 Å². The molecular formula is C11H17N5O. The SMILES string of the molecule is CCC1COCCN1c1nnccc1C(=N)N. The second kappa shape index (κ2) is 5.09. The summed E-state index contributed by atoms with van der Waals surface area (Å²) in [6.45, 7) is 4.22. The van der Waals surface area contributed by atoms with E-state index in [0.717, 1.165) is 13.0 Å². The predicted molar refractivity (Wildman–Crippen MR) is 65.3 cm³/mol. The number of anilines is 1. The van der Waals surface area contributed by atoms with Crippen LogP contribution in [-0.4, -0.2) is 41.8 Å². The van der Waals surface area contributed by atoms with Gasteiger partial charge in [-0.3, -0.25) is 5.41 Å². The molecule has 0 spiro atoms. The molecule has 1 unspecified atom stereocenters. The first kappa shape index (κ1) is 11.8. The normalized spacial score (nSPS) is 20.3. The fraction of sp³-hybridized carbons (Fsp3) is 0.545. The average Bonchev–Trinajstić information content (AvgIpc) is 2.38. The smallest absolute Gasteiger partial charge is 0.162 e. The Balaban J connectivity index is 2.34. The summed E-state index contributed by atoms with van der Waals surface area (Å²) in [4.78, 5) is 2.13. The monoisotopic (exact) mass is 235 g/mol. The van der Waals surface area contributed by atoms with Crippen LogP contribution in [0.25, 0.3) is 0 Å². The quantitative estimate of drug-likeness (QED) is 0.584. The van der Waals surface area contributed by atoms with Crippen molar-refractivity contribution in [3.8, 4) is 0 Å². The third kappa shape index (κ3) is 2.36. The molecule has 1 aromatic rings. The topological polar surface area (TPSA) is 88.1 Å². The third-order valence-electron chi connectivity index (χ3n) is 2.96. The van der Waals surface area contributed by atoms with E-state index >= 15 is 0 Å². The molecule has 0 bridgehead atoms. The number of hydrogen-bond acceptors (Lipinski definition) is 5. The van der Waals surface area contributed by atoms with Gasteiger partial charge in [0.05, 0.1) is 31.0 Å². The lowest BCUT2D eigenvalue weighted by atomic mass is 10.1. The highest BCUT2D eigenvalue weighted by Gasteiger charge is 2.25. The van der Waals surface area contributed by atoms with E-state index in [1.165, 1.54) is 0 Å². The molecule has 0 aromatic carbocycles. The first-order valence-corrected chi connectivity index (χ1v) is 5.74. The molecule has 92 valence electrons. The van der Waals surface area contributed by atoms with Gasteiger partial charge in [0, 0.05) is 6.54 Å². The van der Waals surface area contributed by atoms with E-state index in [2.05, 4.69) is 22.0 Å². The van der Waals surface area contributed by atoms with E-state index in [0.29, 0.717) is 24.6 Å². The highest BCUT2D eigenvalue weighted by Crippen LogP contribution is 2.21. The van der Waals surface area contributed by atoms with Crippen molar-refractivity contribution in [2.75, 3.05) is 24.7 Å². The minimum absolute atomic E-state index is 0.0243. The number of rotatable bonds is 3. The molecule has 1 aliphatic rings. The zero-order chi connectivity index (χ0) is 12.3. The lowest BCUT2D eigenvalue weighted by Gasteiger charge is -2.36. The fourth-order valence-electron chi connectivity index (χ4n) is 2.02. The fourth-order valence-corrected chi connectivity index (χ4v) is 2.02. The van der Waals surface area contributed by atoms with Crippen LogP contribution in [0.5, 0.6) is 0 Å². The van der Waals surface area contributed by atoms with E-state index < -0.39 is 0 Å². The molecule has 1 atom stereocenters. The van der Waals surface area contributed by atoms with E-state index in [1.54, 1.807) is 12.3 Å². The average molecular weight is 235 g/mol. The van der Waals surface area contributed by atoms with E-state index in [9.17, 15) is 0 Å². The molecule has 1 fully saturated rings. The number of nitrogens with two attached hydrogens (primary N) is 1. The molecule has 3 N–H and O–H groups in total. The third-order valence-corrected chi connectivity index (χ3v) is 2.96.